The molecule has 0 radical (unpaired) electrons. The van der Waals surface area contributed by atoms with Crippen LogP contribution in [0.4, 0.5) is 14.9 Å². The quantitative estimate of drug-likeness (QED) is 0.866. The average Bonchev–Trinajstić information content (AvgIpc) is 2.75. The van der Waals surface area contributed by atoms with Crippen molar-refractivity contribution in [3.63, 3.8) is 0 Å². The number of amides is 2. The Labute approximate surface area is 123 Å². The molecule has 0 spiro atoms. The zero-order chi connectivity index (χ0) is 14.9. The number of anilines is 1. The van der Waals surface area contributed by atoms with Crippen LogP contribution < -0.4 is 5.32 Å². The summed E-state index contributed by atoms with van der Waals surface area (Å²) in [5, 5.41) is 11.7. The Bertz CT molecular complexity index is 552. The molecule has 2 rings (SSSR count). The molecule has 2 atom stereocenters. The van der Waals surface area contributed by atoms with Crippen molar-refractivity contribution < 1.29 is 19.1 Å². The summed E-state index contributed by atoms with van der Waals surface area (Å²) in [4.78, 5) is 24.6. The Morgan fingerprint density at radius 1 is 1.45 bits per heavy atom. The first-order chi connectivity index (χ1) is 9.38. The van der Waals surface area contributed by atoms with Crippen molar-refractivity contribution in [2.24, 2.45) is 11.8 Å². The van der Waals surface area contributed by atoms with Crippen LogP contribution >= 0.6 is 15.9 Å². The SMILES string of the molecule is C[C@@H]1CN(C(=O)Nc2ccc(F)cc2Br)C[C@H]1C(=O)O. The highest BCUT2D eigenvalue weighted by molar-refractivity contribution is 9.10. The topological polar surface area (TPSA) is 69.6 Å². The zero-order valence-electron chi connectivity index (χ0n) is 10.8. The van der Waals surface area contributed by atoms with E-state index in [1.807, 2.05) is 0 Å². The van der Waals surface area contributed by atoms with Crippen molar-refractivity contribution in [3.05, 3.63) is 28.5 Å². The average molecular weight is 345 g/mol. The Hall–Kier alpha value is -1.63. The van der Waals surface area contributed by atoms with Crippen molar-refractivity contribution in [2.45, 2.75) is 6.92 Å². The molecule has 2 amide bonds. The fraction of sp³-hybridized carbons (Fsp3) is 0.385. The second-order valence-electron chi connectivity index (χ2n) is 4.88. The highest BCUT2D eigenvalue weighted by atomic mass is 79.9. The van der Waals surface area contributed by atoms with Crippen molar-refractivity contribution in [2.75, 3.05) is 18.4 Å². The van der Waals surface area contributed by atoms with E-state index in [1.54, 1.807) is 6.92 Å². The number of likely N-dealkylation sites (tertiary alicyclic amines) is 1. The molecule has 0 unspecified atom stereocenters. The van der Waals surface area contributed by atoms with Crippen molar-refractivity contribution in [3.8, 4) is 0 Å². The molecule has 0 saturated carbocycles. The molecule has 5 nitrogen and oxygen atoms in total. The number of carbonyl (C=O) groups excluding carboxylic acids is 1. The number of benzene rings is 1. The van der Waals surface area contributed by atoms with Gasteiger partial charge in [-0.2, -0.15) is 0 Å². The zero-order valence-corrected chi connectivity index (χ0v) is 12.4. The van der Waals surface area contributed by atoms with Gasteiger partial charge in [0, 0.05) is 17.6 Å². The Morgan fingerprint density at radius 2 is 2.15 bits per heavy atom. The van der Waals surface area contributed by atoms with Gasteiger partial charge in [-0.25, -0.2) is 9.18 Å². The molecule has 1 fully saturated rings. The third kappa shape index (κ3) is 3.09. The minimum atomic E-state index is -0.893. The van der Waals surface area contributed by atoms with Gasteiger partial charge in [-0.05, 0) is 40.0 Å². The maximum Gasteiger partial charge on any atom is 0.321 e. The Kier molecular flexibility index (Phi) is 4.27. The summed E-state index contributed by atoms with van der Waals surface area (Å²) in [7, 11) is 0. The summed E-state index contributed by atoms with van der Waals surface area (Å²) in [5.41, 5.74) is 0.447. The van der Waals surface area contributed by atoms with Crippen LogP contribution in [0.5, 0.6) is 0 Å². The van der Waals surface area contributed by atoms with Gasteiger partial charge in [-0.1, -0.05) is 6.92 Å². The second-order valence-corrected chi connectivity index (χ2v) is 5.74. The van der Waals surface area contributed by atoms with Gasteiger partial charge >= 0.3 is 12.0 Å². The number of halogens is 2. The van der Waals surface area contributed by atoms with Crippen LogP contribution in [0, 0.1) is 17.7 Å². The predicted molar refractivity (Wildman–Crippen MR) is 75.0 cm³/mol. The van der Waals surface area contributed by atoms with Gasteiger partial charge in [0.1, 0.15) is 5.82 Å². The lowest BCUT2D eigenvalue weighted by Gasteiger charge is -2.17. The van der Waals surface area contributed by atoms with Crippen LogP contribution in [0.15, 0.2) is 22.7 Å². The number of hydrogen-bond donors (Lipinski definition) is 2. The summed E-state index contributed by atoms with van der Waals surface area (Å²) in [6.45, 7) is 2.38. The van der Waals surface area contributed by atoms with Gasteiger partial charge in [0.25, 0.3) is 0 Å². The molecule has 0 aliphatic carbocycles. The lowest BCUT2D eigenvalue weighted by Crippen LogP contribution is -2.33. The highest BCUT2D eigenvalue weighted by Gasteiger charge is 2.37. The maximum absolute atomic E-state index is 13.0. The molecule has 1 aliphatic rings. The van der Waals surface area contributed by atoms with Crippen LogP contribution in [0.25, 0.3) is 0 Å². The predicted octanol–water partition coefficient (Wildman–Crippen LogP) is 2.77. The number of carboxylic acids is 1. The first-order valence-corrected chi connectivity index (χ1v) is 6.91. The van der Waals surface area contributed by atoms with Gasteiger partial charge in [0.15, 0.2) is 0 Å². The first kappa shape index (κ1) is 14.8. The summed E-state index contributed by atoms with van der Waals surface area (Å²) >= 11 is 3.16. The van der Waals surface area contributed by atoms with Gasteiger partial charge in [-0.3, -0.25) is 4.79 Å². The Balaban J connectivity index is 2.04. The van der Waals surface area contributed by atoms with Crippen LogP contribution in [0.3, 0.4) is 0 Å². The lowest BCUT2D eigenvalue weighted by atomic mass is 9.99. The largest absolute Gasteiger partial charge is 0.481 e. The number of carboxylic acid groups (broad SMARTS) is 1. The van der Waals surface area contributed by atoms with Crippen molar-refractivity contribution in [1.82, 2.24) is 4.90 Å². The van der Waals surface area contributed by atoms with E-state index < -0.39 is 17.7 Å². The molecule has 2 N–H and O–H groups in total. The second kappa shape index (κ2) is 5.78. The molecule has 20 heavy (non-hydrogen) atoms. The molecule has 1 aromatic rings. The van der Waals surface area contributed by atoms with Gasteiger partial charge in [0.05, 0.1) is 11.6 Å². The number of nitrogens with zero attached hydrogens (tertiary/aromatic N) is 1. The molecule has 0 bridgehead atoms. The van der Waals surface area contributed by atoms with Crippen LogP contribution in [0.2, 0.25) is 0 Å². The summed E-state index contributed by atoms with van der Waals surface area (Å²) in [5.74, 6) is -1.93. The third-order valence-corrected chi connectivity index (χ3v) is 4.05. The molecule has 1 aromatic carbocycles. The molecular weight excluding hydrogens is 331 g/mol. The van der Waals surface area contributed by atoms with Crippen molar-refractivity contribution in [1.29, 1.82) is 0 Å². The van der Waals surface area contributed by atoms with E-state index in [1.165, 1.54) is 23.1 Å². The fourth-order valence-electron chi connectivity index (χ4n) is 2.24. The van der Waals surface area contributed by atoms with E-state index in [9.17, 15) is 14.0 Å². The van der Waals surface area contributed by atoms with Crippen LogP contribution in [-0.4, -0.2) is 35.1 Å². The summed E-state index contributed by atoms with van der Waals surface area (Å²) < 4.78 is 13.4. The van der Waals surface area contributed by atoms with E-state index in [2.05, 4.69) is 21.2 Å². The molecular formula is C13H14BrFN2O3. The minimum absolute atomic E-state index is 0.0880. The number of aliphatic carboxylic acids is 1. The highest BCUT2D eigenvalue weighted by Crippen LogP contribution is 2.26. The number of rotatable bonds is 2. The molecule has 1 saturated heterocycles. The standard InChI is InChI=1S/C13H14BrFN2O3/c1-7-5-17(6-9(7)12(18)19)13(20)16-11-3-2-8(15)4-10(11)14/h2-4,7,9H,5-6H2,1H3,(H,16,20)(H,18,19)/t7-,9-/m1/s1. The van der Waals surface area contributed by atoms with E-state index in [4.69, 9.17) is 5.11 Å². The third-order valence-electron chi connectivity index (χ3n) is 3.39. The summed E-state index contributed by atoms with van der Waals surface area (Å²) in [6, 6.07) is 3.56. The van der Waals surface area contributed by atoms with Gasteiger partial charge in [0.2, 0.25) is 0 Å². The van der Waals surface area contributed by atoms with E-state index >= 15 is 0 Å². The van der Waals surface area contributed by atoms with E-state index in [-0.39, 0.29) is 18.5 Å². The summed E-state index contributed by atoms with van der Waals surface area (Å²) in [6.07, 6.45) is 0. The van der Waals surface area contributed by atoms with E-state index in [0.29, 0.717) is 16.7 Å². The van der Waals surface area contributed by atoms with Gasteiger partial charge in [-0.15, -0.1) is 0 Å². The molecule has 0 aromatic heterocycles. The van der Waals surface area contributed by atoms with Crippen molar-refractivity contribution >= 4 is 33.6 Å². The number of urea groups is 1. The number of nitrogens with one attached hydrogen (secondary N) is 1. The number of hydrogen-bond acceptors (Lipinski definition) is 2. The normalized spacial score (nSPS) is 21.9. The molecule has 108 valence electrons. The smallest absolute Gasteiger partial charge is 0.321 e. The number of carbonyl (C=O) groups is 2. The minimum Gasteiger partial charge on any atom is -0.481 e. The molecule has 1 heterocycles. The molecule has 7 heteroatoms. The monoisotopic (exact) mass is 344 g/mol. The van der Waals surface area contributed by atoms with Crippen LogP contribution in [-0.2, 0) is 4.79 Å². The fourth-order valence-corrected chi connectivity index (χ4v) is 2.69. The van der Waals surface area contributed by atoms with Gasteiger partial charge < -0.3 is 15.3 Å². The first-order valence-electron chi connectivity index (χ1n) is 6.12. The van der Waals surface area contributed by atoms with Crippen LogP contribution in [0.1, 0.15) is 6.92 Å². The lowest BCUT2D eigenvalue weighted by molar-refractivity contribution is -0.142. The Morgan fingerprint density at radius 3 is 2.70 bits per heavy atom. The molecule has 1 aliphatic heterocycles. The van der Waals surface area contributed by atoms with E-state index in [0.717, 1.165) is 0 Å². The maximum atomic E-state index is 13.0.